The quantitative estimate of drug-likeness (QED) is 0.464. The predicted molar refractivity (Wildman–Crippen MR) is 117 cm³/mol. The number of benzene rings is 2. The van der Waals surface area contributed by atoms with Gasteiger partial charge in [0.15, 0.2) is 17.1 Å². The summed E-state index contributed by atoms with van der Waals surface area (Å²) in [6, 6.07) is 10.1. The molecule has 0 atom stereocenters. The molecule has 2 aromatic carbocycles. The Morgan fingerprint density at radius 1 is 1.12 bits per heavy atom. The van der Waals surface area contributed by atoms with Gasteiger partial charge in [-0.1, -0.05) is 24.3 Å². The molecule has 10 heteroatoms. The Morgan fingerprint density at radius 3 is 2.70 bits per heavy atom. The smallest absolute Gasteiger partial charge is 0.416 e. The molecule has 1 N–H and O–H groups in total. The van der Waals surface area contributed by atoms with Gasteiger partial charge in [0.1, 0.15) is 17.8 Å². The van der Waals surface area contributed by atoms with Crippen molar-refractivity contribution in [3.63, 3.8) is 0 Å². The highest BCUT2D eigenvalue weighted by molar-refractivity contribution is 5.75. The van der Waals surface area contributed by atoms with E-state index >= 15 is 0 Å². The lowest BCUT2D eigenvalue weighted by Crippen LogP contribution is -2.09. The van der Waals surface area contributed by atoms with Crippen molar-refractivity contribution in [2.75, 3.05) is 7.11 Å². The zero-order valence-electron chi connectivity index (χ0n) is 17.7. The van der Waals surface area contributed by atoms with E-state index in [4.69, 9.17) is 9.47 Å². The number of rotatable bonds is 6. The highest BCUT2D eigenvalue weighted by Gasteiger charge is 2.30. The van der Waals surface area contributed by atoms with Gasteiger partial charge in [0.2, 0.25) is 0 Å². The van der Waals surface area contributed by atoms with Crippen LogP contribution in [0.4, 0.5) is 13.2 Å². The topological polar surface area (TPSA) is 82.0 Å². The average molecular weight is 456 g/mol. The van der Waals surface area contributed by atoms with Crippen LogP contribution in [-0.2, 0) is 19.8 Å². The molecule has 0 spiro atoms. The fourth-order valence-electron chi connectivity index (χ4n) is 3.21. The molecule has 2 heterocycles. The second-order valence-electron chi connectivity index (χ2n) is 7.19. The molecule has 0 saturated heterocycles. The zero-order valence-corrected chi connectivity index (χ0v) is 17.7. The molecule has 4 aromatic rings. The first-order valence-corrected chi connectivity index (χ1v) is 9.81. The number of aromatic amines is 1. The van der Waals surface area contributed by atoms with Crippen molar-refractivity contribution >= 4 is 23.2 Å². The van der Waals surface area contributed by atoms with E-state index in [1.165, 1.54) is 24.1 Å². The Kier molecular flexibility index (Phi) is 5.91. The van der Waals surface area contributed by atoms with Crippen LogP contribution in [0.15, 0.2) is 53.5 Å². The van der Waals surface area contributed by atoms with Gasteiger partial charge >= 0.3 is 6.18 Å². The van der Waals surface area contributed by atoms with E-state index in [0.717, 1.165) is 17.7 Å². The van der Waals surface area contributed by atoms with Crippen LogP contribution < -0.4 is 15.0 Å². The maximum atomic E-state index is 12.9. The van der Waals surface area contributed by atoms with Crippen molar-refractivity contribution in [3.8, 4) is 11.5 Å². The van der Waals surface area contributed by atoms with E-state index in [-0.39, 0.29) is 12.2 Å². The van der Waals surface area contributed by atoms with Crippen LogP contribution in [0.5, 0.6) is 11.5 Å². The van der Waals surface area contributed by atoms with E-state index in [0.29, 0.717) is 33.9 Å². The van der Waals surface area contributed by atoms with E-state index in [2.05, 4.69) is 15.1 Å². The molecule has 0 aliphatic heterocycles. The number of hydrogen-bond donors (Lipinski definition) is 1. The molecule has 0 fully saturated rings. The van der Waals surface area contributed by atoms with Crippen LogP contribution in [0, 0.1) is 0 Å². The fourth-order valence-corrected chi connectivity index (χ4v) is 3.21. The number of nitrogens with zero attached hydrogens (tertiary/aromatic N) is 3. The fraction of sp³-hybridized carbons (Fsp3) is 0.174. The predicted octanol–water partition coefficient (Wildman–Crippen LogP) is 4.43. The first-order chi connectivity index (χ1) is 15.7. The molecule has 170 valence electrons. The number of alkyl halides is 3. The van der Waals surface area contributed by atoms with E-state index in [1.54, 1.807) is 43.5 Å². The van der Waals surface area contributed by atoms with Crippen LogP contribution in [0.1, 0.15) is 22.5 Å². The molecule has 4 rings (SSSR count). The highest BCUT2D eigenvalue weighted by Crippen LogP contribution is 2.31. The molecule has 0 aliphatic rings. The van der Waals surface area contributed by atoms with Gasteiger partial charge in [0.25, 0.3) is 5.56 Å². The molecule has 0 saturated carbocycles. The van der Waals surface area contributed by atoms with Gasteiger partial charge in [0.05, 0.1) is 18.9 Å². The number of fused-ring (bicyclic) bond motifs is 1. The minimum absolute atomic E-state index is 0.0503. The Bertz CT molecular complexity index is 1390. The molecule has 0 unspecified atom stereocenters. The van der Waals surface area contributed by atoms with Crippen molar-refractivity contribution in [1.82, 2.24) is 19.7 Å². The number of hydrogen-bond acceptors (Lipinski definition) is 5. The highest BCUT2D eigenvalue weighted by atomic mass is 19.4. The second-order valence-corrected chi connectivity index (χ2v) is 7.19. The Labute approximate surface area is 186 Å². The molecule has 0 amide bonds. The molecule has 0 radical (unpaired) electrons. The lowest BCUT2D eigenvalue weighted by atomic mass is 10.1. The molecule has 2 aromatic heterocycles. The van der Waals surface area contributed by atoms with Gasteiger partial charge in [-0.05, 0) is 41.5 Å². The zero-order chi connectivity index (χ0) is 23.6. The summed E-state index contributed by atoms with van der Waals surface area (Å²) in [6.07, 6.45) is 0.422. The summed E-state index contributed by atoms with van der Waals surface area (Å²) >= 11 is 0. The SMILES string of the molecule is COc1cc(/C=C/c2nc3c(cnn3C)c(=O)[nH]2)ccc1OCc1cccc(C(F)(F)F)c1. The first kappa shape index (κ1) is 22.1. The molecule has 0 aliphatic carbocycles. The summed E-state index contributed by atoms with van der Waals surface area (Å²) < 4.78 is 51.2. The van der Waals surface area contributed by atoms with Gasteiger partial charge in [-0.15, -0.1) is 0 Å². The normalized spacial score (nSPS) is 11.9. The van der Waals surface area contributed by atoms with Crippen LogP contribution in [-0.4, -0.2) is 26.9 Å². The number of H-pyrrole nitrogens is 1. The third-order valence-corrected chi connectivity index (χ3v) is 4.89. The molecule has 33 heavy (non-hydrogen) atoms. The molecular weight excluding hydrogens is 437 g/mol. The largest absolute Gasteiger partial charge is 0.493 e. The maximum absolute atomic E-state index is 12.9. The number of ether oxygens (including phenoxy) is 2. The third kappa shape index (κ3) is 4.89. The lowest BCUT2D eigenvalue weighted by Gasteiger charge is -2.13. The number of nitrogens with one attached hydrogen (secondary N) is 1. The van der Waals surface area contributed by atoms with Gasteiger partial charge in [0, 0.05) is 7.05 Å². The molecule has 0 bridgehead atoms. The Hall–Kier alpha value is -4.08. The van der Waals surface area contributed by atoms with Crippen LogP contribution >= 0.6 is 0 Å². The van der Waals surface area contributed by atoms with Crippen molar-refractivity contribution in [2.24, 2.45) is 7.05 Å². The Balaban J connectivity index is 1.51. The monoisotopic (exact) mass is 456 g/mol. The van der Waals surface area contributed by atoms with Crippen molar-refractivity contribution < 1.29 is 22.6 Å². The van der Waals surface area contributed by atoms with Crippen LogP contribution in [0.2, 0.25) is 0 Å². The van der Waals surface area contributed by atoms with Crippen molar-refractivity contribution in [3.05, 3.63) is 81.5 Å². The Morgan fingerprint density at radius 2 is 1.94 bits per heavy atom. The summed E-state index contributed by atoms with van der Waals surface area (Å²) in [4.78, 5) is 19.2. The van der Waals surface area contributed by atoms with Crippen molar-refractivity contribution in [1.29, 1.82) is 0 Å². The van der Waals surface area contributed by atoms with Gasteiger partial charge in [-0.2, -0.15) is 18.3 Å². The third-order valence-electron chi connectivity index (χ3n) is 4.89. The number of aryl methyl sites for hydroxylation is 1. The van der Waals surface area contributed by atoms with E-state index < -0.39 is 11.7 Å². The second kappa shape index (κ2) is 8.81. The average Bonchev–Trinajstić information content (AvgIpc) is 3.17. The van der Waals surface area contributed by atoms with Crippen LogP contribution in [0.3, 0.4) is 0 Å². The van der Waals surface area contributed by atoms with Gasteiger partial charge in [-0.25, -0.2) is 4.98 Å². The summed E-state index contributed by atoms with van der Waals surface area (Å²) in [5, 5.41) is 4.43. The number of methoxy groups -OCH3 is 1. The minimum atomic E-state index is -4.41. The van der Waals surface area contributed by atoms with E-state index in [9.17, 15) is 18.0 Å². The van der Waals surface area contributed by atoms with Crippen LogP contribution in [0.25, 0.3) is 23.2 Å². The van der Waals surface area contributed by atoms with Gasteiger partial charge in [-0.3, -0.25) is 9.48 Å². The maximum Gasteiger partial charge on any atom is 0.416 e. The van der Waals surface area contributed by atoms with E-state index in [1.807, 2.05) is 0 Å². The number of halogens is 3. The van der Waals surface area contributed by atoms with Gasteiger partial charge < -0.3 is 14.5 Å². The summed E-state index contributed by atoms with van der Waals surface area (Å²) in [7, 11) is 3.17. The lowest BCUT2D eigenvalue weighted by molar-refractivity contribution is -0.137. The minimum Gasteiger partial charge on any atom is -0.493 e. The molecular formula is C23H19F3N4O3. The first-order valence-electron chi connectivity index (χ1n) is 9.81. The summed E-state index contributed by atoms with van der Waals surface area (Å²) in [5.41, 5.74) is 0.576. The number of aromatic nitrogens is 4. The molecule has 7 nitrogen and oxygen atoms in total. The standard InChI is InChI=1S/C23H19F3N4O3/c1-30-21-17(12-27-30)22(31)29-20(28-21)9-7-14-6-8-18(19(11-14)32-2)33-13-15-4-3-5-16(10-15)23(24,25)26/h3-12H,13H2,1-2H3,(H,28,29,31)/b9-7+. The van der Waals surface area contributed by atoms with Crippen molar-refractivity contribution in [2.45, 2.75) is 12.8 Å². The summed E-state index contributed by atoms with van der Waals surface area (Å²) in [5.74, 6) is 1.16. The summed E-state index contributed by atoms with van der Waals surface area (Å²) in [6.45, 7) is -0.0503.